The summed E-state index contributed by atoms with van der Waals surface area (Å²) in [7, 11) is 0. The molecular formula is C16H21N3O2S. The largest absolute Gasteiger partial charge is 0.339 e. The Labute approximate surface area is 134 Å². The Morgan fingerprint density at radius 1 is 1.59 bits per heavy atom. The van der Waals surface area contributed by atoms with Gasteiger partial charge in [-0.25, -0.2) is 0 Å². The quantitative estimate of drug-likeness (QED) is 0.863. The Morgan fingerprint density at radius 3 is 3.18 bits per heavy atom. The van der Waals surface area contributed by atoms with E-state index < -0.39 is 0 Å². The topological polar surface area (TPSA) is 59.2 Å². The van der Waals surface area contributed by atoms with Gasteiger partial charge in [0.25, 0.3) is 5.91 Å². The molecule has 0 spiro atoms. The maximum Gasteiger partial charge on any atom is 0.263 e. The second-order valence-corrected chi connectivity index (χ2v) is 6.82. The molecule has 3 rings (SSSR count). The number of carbonyl (C=O) groups excluding carboxylic acids is 1. The summed E-state index contributed by atoms with van der Waals surface area (Å²) < 4.78 is 5.45. The smallest absolute Gasteiger partial charge is 0.263 e. The Bertz CT molecular complexity index is 623. The van der Waals surface area contributed by atoms with Crippen molar-refractivity contribution in [3.63, 3.8) is 0 Å². The minimum absolute atomic E-state index is 0.112. The van der Waals surface area contributed by atoms with E-state index in [1.165, 1.54) is 11.3 Å². The third kappa shape index (κ3) is 3.06. The number of nitrogens with zero attached hydrogens (tertiary/aromatic N) is 3. The number of likely N-dealkylation sites (tertiary alicyclic amines) is 1. The summed E-state index contributed by atoms with van der Waals surface area (Å²) in [5.74, 6) is 2.03. The van der Waals surface area contributed by atoms with Gasteiger partial charge in [0.05, 0.1) is 10.8 Å². The number of hydrogen-bond acceptors (Lipinski definition) is 5. The zero-order chi connectivity index (χ0) is 15.5. The van der Waals surface area contributed by atoms with Crippen LogP contribution in [0, 0.1) is 0 Å². The first kappa shape index (κ1) is 15.2. The molecule has 1 aliphatic heterocycles. The monoisotopic (exact) mass is 319 g/mol. The molecule has 1 fully saturated rings. The van der Waals surface area contributed by atoms with Gasteiger partial charge >= 0.3 is 0 Å². The van der Waals surface area contributed by atoms with Gasteiger partial charge in [0.2, 0.25) is 5.89 Å². The third-order valence-corrected chi connectivity index (χ3v) is 5.16. The lowest BCUT2D eigenvalue weighted by molar-refractivity contribution is 0.0700. The van der Waals surface area contributed by atoms with Crippen molar-refractivity contribution in [2.45, 2.75) is 44.9 Å². The molecule has 6 heteroatoms. The molecule has 2 aromatic rings. The molecule has 22 heavy (non-hydrogen) atoms. The van der Waals surface area contributed by atoms with Crippen LogP contribution in [0.5, 0.6) is 0 Å². The second-order valence-electron chi connectivity index (χ2n) is 5.87. The molecule has 3 heterocycles. The van der Waals surface area contributed by atoms with Gasteiger partial charge in [-0.15, -0.1) is 11.3 Å². The number of hydrogen-bond donors (Lipinski definition) is 0. The lowest BCUT2D eigenvalue weighted by Crippen LogP contribution is -2.38. The summed E-state index contributed by atoms with van der Waals surface area (Å²) in [6.45, 7) is 5.68. The van der Waals surface area contributed by atoms with Crippen molar-refractivity contribution >= 4 is 17.2 Å². The minimum Gasteiger partial charge on any atom is -0.339 e. The molecule has 0 N–H and O–H groups in total. The van der Waals surface area contributed by atoms with Gasteiger partial charge in [0.1, 0.15) is 0 Å². The summed E-state index contributed by atoms with van der Waals surface area (Å²) in [5, 5.41) is 6.03. The van der Waals surface area contributed by atoms with Crippen molar-refractivity contribution in [2.24, 2.45) is 0 Å². The number of rotatable bonds is 4. The van der Waals surface area contributed by atoms with Crippen LogP contribution in [0.2, 0.25) is 0 Å². The summed E-state index contributed by atoms with van der Waals surface area (Å²) in [5.41, 5.74) is 0. The van der Waals surface area contributed by atoms with Crippen molar-refractivity contribution < 1.29 is 9.32 Å². The third-order valence-electron chi connectivity index (χ3n) is 4.30. The van der Waals surface area contributed by atoms with E-state index in [4.69, 9.17) is 4.52 Å². The lowest BCUT2D eigenvalue weighted by atomic mass is 9.97. The highest BCUT2D eigenvalue weighted by molar-refractivity contribution is 7.12. The molecule has 1 amide bonds. The first-order valence-electron chi connectivity index (χ1n) is 7.85. The Kier molecular flexibility index (Phi) is 4.57. The zero-order valence-corrected chi connectivity index (χ0v) is 13.8. The van der Waals surface area contributed by atoms with Gasteiger partial charge in [-0.1, -0.05) is 25.1 Å². The van der Waals surface area contributed by atoms with Gasteiger partial charge in [-0.05, 0) is 30.7 Å². The molecular weight excluding hydrogens is 298 g/mol. The average Bonchev–Trinajstić information content (AvgIpc) is 3.25. The highest BCUT2D eigenvalue weighted by atomic mass is 32.1. The van der Waals surface area contributed by atoms with Crippen LogP contribution in [0.4, 0.5) is 0 Å². The molecule has 1 aliphatic rings. The van der Waals surface area contributed by atoms with E-state index in [1.54, 1.807) is 0 Å². The van der Waals surface area contributed by atoms with Crippen LogP contribution in [0.15, 0.2) is 22.0 Å². The molecule has 1 saturated heterocycles. The van der Waals surface area contributed by atoms with E-state index in [1.807, 2.05) is 22.4 Å². The van der Waals surface area contributed by atoms with Crippen molar-refractivity contribution in [1.82, 2.24) is 15.0 Å². The predicted octanol–water partition coefficient (Wildman–Crippen LogP) is 3.66. The van der Waals surface area contributed by atoms with Gasteiger partial charge < -0.3 is 9.42 Å². The molecule has 0 aromatic carbocycles. The van der Waals surface area contributed by atoms with E-state index in [0.717, 1.165) is 36.5 Å². The number of carbonyl (C=O) groups is 1. The Hall–Kier alpha value is -1.69. The molecule has 2 atom stereocenters. The number of piperidine rings is 1. The average molecular weight is 319 g/mol. The fourth-order valence-corrected chi connectivity index (χ4v) is 3.41. The van der Waals surface area contributed by atoms with Crippen molar-refractivity contribution in [2.75, 3.05) is 13.1 Å². The summed E-state index contributed by atoms with van der Waals surface area (Å²) in [6.07, 6.45) is 2.96. The predicted molar refractivity (Wildman–Crippen MR) is 85.2 cm³/mol. The minimum atomic E-state index is 0.112. The zero-order valence-electron chi connectivity index (χ0n) is 13.0. The van der Waals surface area contributed by atoms with E-state index in [9.17, 15) is 4.79 Å². The van der Waals surface area contributed by atoms with E-state index >= 15 is 0 Å². The molecule has 5 nitrogen and oxygen atoms in total. The number of amides is 1. The first-order chi connectivity index (χ1) is 10.7. The summed E-state index contributed by atoms with van der Waals surface area (Å²) in [6, 6.07) is 3.79. The van der Waals surface area contributed by atoms with Crippen LogP contribution in [-0.4, -0.2) is 34.0 Å². The standard InChI is InChI=1S/C16H21N3O2S/c1-3-11(2)14-17-15(21-18-14)12-6-4-8-19(10-12)16(20)13-7-5-9-22-13/h5,7,9,11-12H,3-4,6,8,10H2,1-2H3/t11-,12+/m0/s1. The van der Waals surface area contributed by atoms with Crippen molar-refractivity contribution in [3.8, 4) is 0 Å². The fraction of sp³-hybridized carbons (Fsp3) is 0.562. The van der Waals surface area contributed by atoms with Crippen LogP contribution >= 0.6 is 11.3 Å². The van der Waals surface area contributed by atoms with Crippen molar-refractivity contribution in [1.29, 1.82) is 0 Å². The van der Waals surface area contributed by atoms with Crippen LogP contribution in [0.1, 0.15) is 66.3 Å². The molecule has 0 aliphatic carbocycles. The summed E-state index contributed by atoms with van der Waals surface area (Å²) >= 11 is 1.49. The summed E-state index contributed by atoms with van der Waals surface area (Å²) in [4.78, 5) is 19.7. The maximum atomic E-state index is 12.5. The van der Waals surface area contributed by atoms with E-state index in [-0.39, 0.29) is 11.8 Å². The van der Waals surface area contributed by atoms with Crippen molar-refractivity contribution in [3.05, 3.63) is 34.1 Å². The fourth-order valence-electron chi connectivity index (χ4n) is 2.72. The highest BCUT2D eigenvalue weighted by Gasteiger charge is 2.29. The first-order valence-corrected chi connectivity index (χ1v) is 8.73. The molecule has 0 saturated carbocycles. The van der Waals surface area contributed by atoms with Crippen LogP contribution in [-0.2, 0) is 0 Å². The van der Waals surface area contributed by atoms with Crippen LogP contribution in [0.3, 0.4) is 0 Å². The molecule has 0 radical (unpaired) electrons. The highest BCUT2D eigenvalue weighted by Crippen LogP contribution is 2.28. The maximum absolute atomic E-state index is 12.5. The Morgan fingerprint density at radius 2 is 2.45 bits per heavy atom. The SMILES string of the molecule is CC[C@H](C)c1noc([C@@H]2CCCN(C(=O)c3cccs3)C2)n1. The molecule has 0 unspecified atom stereocenters. The molecule has 2 aromatic heterocycles. The van der Waals surface area contributed by atoms with E-state index in [2.05, 4.69) is 24.0 Å². The lowest BCUT2D eigenvalue weighted by Gasteiger charge is -2.30. The normalized spacial score (nSPS) is 20.1. The number of thiophene rings is 1. The van der Waals surface area contributed by atoms with Gasteiger partial charge in [0, 0.05) is 19.0 Å². The van der Waals surface area contributed by atoms with Crippen LogP contribution in [0.25, 0.3) is 0 Å². The Balaban J connectivity index is 1.70. The molecule has 0 bridgehead atoms. The van der Waals surface area contributed by atoms with Gasteiger partial charge in [-0.3, -0.25) is 4.79 Å². The number of aromatic nitrogens is 2. The van der Waals surface area contributed by atoms with Crippen LogP contribution < -0.4 is 0 Å². The van der Waals surface area contributed by atoms with E-state index in [0.29, 0.717) is 18.4 Å². The second kappa shape index (κ2) is 6.60. The van der Waals surface area contributed by atoms with Gasteiger partial charge in [-0.2, -0.15) is 4.98 Å². The molecule has 118 valence electrons. The van der Waals surface area contributed by atoms with Gasteiger partial charge in [0.15, 0.2) is 5.82 Å².